The molecule has 29 heavy (non-hydrogen) atoms. The van der Waals surface area contributed by atoms with Crippen molar-refractivity contribution in [3.8, 4) is 0 Å². The molecule has 0 saturated heterocycles. The van der Waals surface area contributed by atoms with Gasteiger partial charge >= 0.3 is 0 Å². The van der Waals surface area contributed by atoms with E-state index in [9.17, 15) is 4.79 Å². The van der Waals surface area contributed by atoms with Gasteiger partial charge in [-0.2, -0.15) is 5.10 Å². The molecule has 0 radical (unpaired) electrons. The van der Waals surface area contributed by atoms with Crippen molar-refractivity contribution in [3.63, 3.8) is 0 Å². The molecule has 0 atom stereocenters. The molecule has 3 heteroatoms. The monoisotopic (exact) mass is 388 g/mol. The Bertz CT molecular complexity index is 907. The Labute approximate surface area is 174 Å². The van der Waals surface area contributed by atoms with Crippen LogP contribution in [0.2, 0.25) is 0 Å². The van der Waals surface area contributed by atoms with Crippen molar-refractivity contribution in [1.29, 1.82) is 0 Å². The molecule has 0 aliphatic carbocycles. The van der Waals surface area contributed by atoms with E-state index in [1.165, 1.54) is 49.3 Å². The predicted octanol–water partition coefficient (Wildman–Crippen LogP) is 6.97. The van der Waals surface area contributed by atoms with Crippen molar-refractivity contribution < 1.29 is 4.79 Å². The molecule has 0 fully saturated rings. The second-order valence-corrected chi connectivity index (χ2v) is 7.75. The SMILES string of the molecule is CCCCCCCCCCC(=O)N/N=C/c1c2ccccc2cc2ccccc12. The van der Waals surface area contributed by atoms with Gasteiger partial charge in [-0.25, -0.2) is 5.43 Å². The lowest BCUT2D eigenvalue weighted by Gasteiger charge is -2.08. The summed E-state index contributed by atoms with van der Waals surface area (Å²) in [6, 6.07) is 18.8. The Balaban J connectivity index is 1.53. The van der Waals surface area contributed by atoms with Crippen LogP contribution in [0.1, 0.15) is 70.3 Å². The van der Waals surface area contributed by atoms with E-state index in [1.54, 1.807) is 6.21 Å². The highest BCUT2D eigenvalue weighted by atomic mass is 16.2. The number of fused-ring (bicyclic) bond motifs is 2. The lowest BCUT2D eigenvalue weighted by Crippen LogP contribution is -2.16. The first-order valence-corrected chi connectivity index (χ1v) is 11.0. The molecule has 3 aromatic rings. The third-order valence-electron chi connectivity index (χ3n) is 5.45. The van der Waals surface area contributed by atoms with Crippen LogP contribution in [0.25, 0.3) is 21.5 Å². The maximum atomic E-state index is 12.1. The third kappa shape index (κ3) is 6.15. The van der Waals surface area contributed by atoms with Crippen LogP contribution in [0.4, 0.5) is 0 Å². The molecule has 0 unspecified atom stereocenters. The maximum absolute atomic E-state index is 12.1. The van der Waals surface area contributed by atoms with Crippen molar-refractivity contribution in [2.75, 3.05) is 0 Å². The van der Waals surface area contributed by atoms with E-state index in [4.69, 9.17) is 0 Å². The highest BCUT2D eigenvalue weighted by Crippen LogP contribution is 2.27. The van der Waals surface area contributed by atoms with E-state index in [-0.39, 0.29) is 5.91 Å². The summed E-state index contributed by atoms with van der Waals surface area (Å²) in [6.45, 7) is 2.24. The zero-order valence-electron chi connectivity index (χ0n) is 17.5. The number of hydrogen-bond donors (Lipinski definition) is 1. The second-order valence-electron chi connectivity index (χ2n) is 7.75. The maximum Gasteiger partial charge on any atom is 0.240 e. The minimum Gasteiger partial charge on any atom is -0.273 e. The molecule has 0 aliphatic rings. The molecule has 0 spiro atoms. The Morgan fingerprint density at radius 2 is 1.38 bits per heavy atom. The fourth-order valence-electron chi connectivity index (χ4n) is 3.83. The van der Waals surface area contributed by atoms with Crippen LogP contribution in [0.15, 0.2) is 59.7 Å². The Morgan fingerprint density at radius 1 is 0.828 bits per heavy atom. The van der Waals surface area contributed by atoms with Gasteiger partial charge in [0.15, 0.2) is 0 Å². The molecule has 0 aliphatic heterocycles. The molecule has 0 bridgehead atoms. The molecular formula is C26H32N2O. The summed E-state index contributed by atoms with van der Waals surface area (Å²) in [7, 11) is 0. The normalized spacial score (nSPS) is 11.5. The first-order valence-electron chi connectivity index (χ1n) is 11.0. The number of benzene rings is 3. The molecule has 3 aromatic carbocycles. The smallest absolute Gasteiger partial charge is 0.240 e. The van der Waals surface area contributed by atoms with Crippen molar-refractivity contribution in [3.05, 3.63) is 60.2 Å². The summed E-state index contributed by atoms with van der Waals surface area (Å²) in [5.41, 5.74) is 3.76. The topological polar surface area (TPSA) is 41.5 Å². The number of nitrogens with one attached hydrogen (secondary N) is 1. The standard InChI is InChI=1S/C26H32N2O/c1-2-3-4-5-6-7-8-9-18-26(29)28-27-20-25-23-16-12-10-14-21(23)19-22-15-11-13-17-24(22)25/h10-17,19-20H,2-9,18H2,1H3,(H,28,29)/b27-20+. The lowest BCUT2D eigenvalue weighted by molar-refractivity contribution is -0.121. The van der Waals surface area contributed by atoms with Crippen LogP contribution in [0.5, 0.6) is 0 Å². The molecule has 1 amide bonds. The molecule has 3 nitrogen and oxygen atoms in total. The first-order chi connectivity index (χ1) is 14.3. The first kappa shape index (κ1) is 21.0. The largest absolute Gasteiger partial charge is 0.273 e. The van der Waals surface area contributed by atoms with Gasteiger partial charge in [0.1, 0.15) is 0 Å². The van der Waals surface area contributed by atoms with Gasteiger partial charge < -0.3 is 0 Å². The van der Waals surface area contributed by atoms with Gasteiger partial charge in [-0.15, -0.1) is 0 Å². The van der Waals surface area contributed by atoms with Crippen molar-refractivity contribution in [2.45, 2.75) is 64.7 Å². The minimum atomic E-state index is -0.00299. The average Bonchev–Trinajstić information content (AvgIpc) is 2.75. The number of unbranched alkanes of at least 4 members (excludes halogenated alkanes) is 7. The van der Waals surface area contributed by atoms with Crippen LogP contribution < -0.4 is 5.43 Å². The van der Waals surface area contributed by atoms with Crippen LogP contribution in [-0.2, 0) is 4.79 Å². The Kier molecular flexibility index (Phi) is 8.24. The number of hydrogen-bond acceptors (Lipinski definition) is 2. The summed E-state index contributed by atoms with van der Waals surface area (Å²) >= 11 is 0. The van der Waals surface area contributed by atoms with E-state index >= 15 is 0 Å². The van der Waals surface area contributed by atoms with Crippen molar-refractivity contribution in [2.24, 2.45) is 5.10 Å². The van der Waals surface area contributed by atoms with E-state index in [2.05, 4.69) is 47.8 Å². The summed E-state index contributed by atoms with van der Waals surface area (Å²) in [5.74, 6) is -0.00299. The summed E-state index contributed by atoms with van der Waals surface area (Å²) in [4.78, 5) is 12.1. The highest BCUT2D eigenvalue weighted by Gasteiger charge is 2.06. The summed E-state index contributed by atoms with van der Waals surface area (Å²) < 4.78 is 0. The van der Waals surface area contributed by atoms with Crippen LogP contribution >= 0.6 is 0 Å². The highest BCUT2D eigenvalue weighted by molar-refractivity contribution is 6.13. The van der Waals surface area contributed by atoms with Gasteiger partial charge in [-0.05, 0) is 34.0 Å². The zero-order valence-corrected chi connectivity index (χ0v) is 17.5. The number of nitrogens with zero attached hydrogens (tertiary/aromatic N) is 1. The summed E-state index contributed by atoms with van der Waals surface area (Å²) in [6.07, 6.45) is 12.2. The fourth-order valence-corrected chi connectivity index (χ4v) is 3.83. The molecule has 0 saturated carbocycles. The summed E-state index contributed by atoms with van der Waals surface area (Å²) in [5, 5.41) is 8.91. The fraction of sp³-hybridized carbons (Fsp3) is 0.385. The number of carbonyl (C=O) groups is 1. The molecule has 1 N–H and O–H groups in total. The van der Waals surface area contributed by atoms with Gasteiger partial charge in [-0.1, -0.05) is 100 Å². The van der Waals surface area contributed by atoms with Gasteiger partial charge in [0.05, 0.1) is 6.21 Å². The van der Waals surface area contributed by atoms with Gasteiger partial charge in [0.25, 0.3) is 0 Å². The van der Waals surface area contributed by atoms with Gasteiger partial charge in [0.2, 0.25) is 5.91 Å². The molecule has 0 heterocycles. The minimum absolute atomic E-state index is 0.00299. The number of rotatable bonds is 11. The van der Waals surface area contributed by atoms with E-state index < -0.39 is 0 Å². The number of amides is 1. The second kappa shape index (κ2) is 11.4. The molecular weight excluding hydrogens is 356 g/mol. The van der Waals surface area contributed by atoms with Crippen LogP contribution in [0.3, 0.4) is 0 Å². The zero-order chi connectivity index (χ0) is 20.3. The number of carbonyl (C=O) groups excluding carboxylic acids is 1. The third-order valence-corrected chi connectivity index (χ3v) is 5.45. The van der Waals surface area contributed by atoms with Gasteiger partial charge in [0, 0.05) is 12.0 Å². The molecule has 3 rings (SSSR count). The van der Waals surface area contributed by atoms with Gasteiger partial charge in [-0.3, -0.25) is 4.79 Å². The Morgan fingerprint density at radius 3 is 2.00 bits per heavy atom. The average molecular weight is 389 g/mol. The quantitative estimate of drug-likeness (QED) is 0.164. The van der Waals surface area contributed by atoms with Crippen LogP contribution in [0, 0.1) is 0 Å². The molecule has 0 aromatic heterocycles. The molecule has 152 valence electrons. The van der Waals surface area contributed by atoms with Crippen LogP contribution in [-0.4, -0.2) is 12.1 Å². The van der Waals surface area contributed by atoms with Crippen molar-refractivity contribution in [1.82, 2.24) is 5.43 Å². The number of hydrazone groups is 1. The Hall–Kier alpha value is -2.68. The predicted molar refractivity (Wildman–Crippen MR) is 124 cm³/mol. The van der Waals surface area contributed by atoms with E-state index in [0.29, 0.717) is 6.42 Å². The van der Waals surface area contributed by atoms with Crippen molar-refractivity contribution >= 4 is 33.7 Å². The van der Waals surface area contributed by atoms with E-state index in [0.717, 1.165) is 29.2 Å². The van der Waals surface area contributed by atoms with E-state index in [1.807, 2.05) is 24.3 Å². The lowest BCUT2D eigenvalue weighted by atomic mass is 9.97.